The van der Waals surface area contributed by atoms with Crippen LogP contribution >= 0.6 is 11.6 Å². The minimum absolute atomic E-state index is 0.0290. The molecule has 7 nitrogen and oxygen atoms in total. The fourth-order valence-corrected chi connectivity index (χ4v) is 4.08. The molecular formula is C18H18ClN3O4S. The lowest BCUT2D eigenvalue weighted by atomic mass is 10.1. The molecule has 0 fully saturated rings. The van der Waals surface area contributed by atoms with E-state index in [1.165, 1.54) is 26.3 Å². The van der Waals surface area contributed by atoms with Gasteiger partial charge in [-0.25, -0.2) is 8.42 Å². The Bertz CT molecular complexity index is 1070. The number of methoxy groups -OCH3 is 1. The Morgan fingerprint density at radius 1 is 1.22 bits per heavy atom. The largest absolute Gasteiger partial charge is 0.495 e. The van der Waals surface area contributed by atoms with E-state index in [1.807, 2.05) is 31.2 Å². The molecule has 0 aliphatic rings. The van der Waals surface area contributed by atoms with Crippen LogP contribution in [0.2, 0.25) is 5.02 Å². The van der Waals surface area contributed by atoms with E-state index in [2.05, 4.69) is 10.1 Å². The summed E-state index contributed by atoms with van der Waals surface area (Å²) in [7, 11) is -1.05. The zero-order valence-corrected chi connectivity index (χ0v) is 16.6. The summed E-state index contributed by atoms with van der Waals surface area (Å²) in [4.78, 5) is 4.28. The van der Waals surface area contributed by atoms with E-state index < -0.39 is 10.0 Å². The first-order valence-corrected chi connectivity index (χ1v) is 9.83. The first-order chi connectivity index (χ1) is 12.8. The highest BCUT2D eigenvalue weighted by Crippen LogP contribution is 2.30. The minimum atomic E-state index is -3.87. The second-order valence-corrected chi connectivity index (χ2v) is 8.33. The third kappa shape index (κ3) is 3.97. The topological polar surface area (TPSA) is 85.5 Å². The number of nitrogens with zero attached hydrogens (tertiary/aromatic N) is 3. The number of aryl methyl sites for hydroxylation is 1. The van der Waals surface area contributed by atoms with Crippen molar-refractivity contribution in [2.75, 3.05) is 14.2 Å². The average Bonchev–Trinajstić information content (AvgIpc) is 3.10. The van der Waals surface area contributed by atoms with Crippen LogP contribution in [0, 0.1) is 6.92 Å². The highest BCUT2D eigenvalue weighted by atomic mass is 35.5. The molecule has 0 aliphatic carbocycles. The van der Waals surface area contributed by atoms with Crippen molar-refractivity contribution in [3.8, 4) is 17.1 Å². The maximum Gasteiger partial charge on any atom is 0.247 e. The number of rotatable bonds is 6. The van der Waals surface area contributed by atoms with Gasteiger partial charge in [0.05, 0.1) is 13.7 Å². The summed E-state index contributed by atoms with van der Waals surface area (Å²) in [6.45, 7) is 1.85. The molecule has 0 spiro atoms. The van der Waals surface area contributed by atoms with E-state index in [0.29, 0.717) is 10.8 Å². The van der Waals surface area contributed by atoms with E-state index in [0.717, 1.165) is 15.4 Å². The molecule has 2 aromatic carbocycles. The lowest BCUT2D eigenvalue weighted by Gasteiger charge is -2.17. The maximum atomic E-state index is 12.9. The third-order valence-electron chi connectivity index (χ3n) is 4.03. The molecule has 0 amide bonds. The Labute approximate surface area is 162 Å². The first kappa shape index (κ1) is 19.3. The molecule has 9 heteroatoms. The van der Waals surface area contributed by atoms with Gasteiger partial charge in [-0.3, -0.25) is 0 Å². The predicted molar refractivity (Wildman–Crippen MR) is 101 cm³/mol. The van der Waals surface area contributed by atoms with Crippen molar-refractivity contribution in [2.45, 2.75) is 18.4 Å². The highest BCUT2D eigenvalue weighted by Gasteiger charge is 2.27. The monoisotopic (exact) mass is 407 g/mol. The normalized spacial score (nSPS) is 11.7. The Kier molecular flexibility index (Phi) is 5.50. The van der Waals surface area contributed by atoms with Crippen molar-refractivity contribution in [3.05, 3.63) is 58.9 Å². The molecular weight excluding hydrogens is 390 g/mol. The summed E-state index contributed by atoms with van der Waals surface area (Å²) in [5, 5.41) is 4.24. The van der Waals surface area contributed by atoms with Gasteiger partial charge in [0.15, 0.2) is 0 Å². The van der Waals surface area contributed by atoms with Crippen LogP contribution in [0.4, 0.5) is 0 Å². The fraction of sp³-hybridized carbons (Fsp3) is 0.222. The Morgan fingerprint density at radius 2 is 1.96 bits per heavy atom. The molecule has 1 heterocycles. The number of ether oxygens (including phenoxy) is 1. The standard InChI is InChI=1S/C18H18ClN3O4S/c1-12-6-4-5-7-14(12)18-20-17(26-21-18)11-22(2)27(23,24)16-10-13(19)8-9-15(16)25-3/h4-10H,11H2,1-3H3. The second kappa shape index (κ2) is 7.67. The van der Waals surface area contributed by atoms with Gasteiger partial charge in [0.25, 0.3) is 0 Å². The molecule has 0 saturated heterocycles. The Morgan fingerprint density at radius 3 is 2.67 bits per heavy atom. The lowest BCUT2D eigenvalue weighted by Crippen LogP contribution is -2.27. The number of benzene rings is 2. The van der Waals surface area contributed by atoms with Gasteiger partial charge in [0.1, 0.15) is 10.6 Å². The van der Waals surface area contributed by atoms with Crippen LogP contribution in [0.1, 0.15) is 11.5 Å². The lowest BCUT2D eigenvalue weighted by molar-refractivity contribution is 0.335. The van der Waals surface area contributed by atoms with Crippen molar-refractivity contribution in [1.82, 2.24) is 14.4 Å². The first-order valence-electron chi connectivity index (χ1n) is 8.01. The summed E-state index contributed by atoms with van der Waals surface area (Å²) in [6, 6.07) is 12.0. The highest BCUT2D eigenvalue weighted by molar-refractivity contribution is 7.89. The van der Waals surface area contributed by atoms with E-state index in [-0.39, 0.29) is 23.1 Å². The van der Waals surface area contributed by atoms with Crippen LogP contribution in [-0.4, -0.2) is 37.0 Å². The molecule has 0 atom stereocenters. The zero-order valence-electron chi connectivity index (χ0n) is 15.0. The Balaban J connectivity index is 1.87. The zero-order chi connectivity index (χ0) is 19.6. The van der Waals surface area contributed by atoms with Crippen LogP contribution < -0.4 is 4.74 Å². The van der Waals surface area contributed by atoms with Crippen molar-refractivity contribution in [3.63, 3.8) is 0 Å². The summed E-state index contributed by atoms with van der Waals surface area (Å²) in [6.07, 6.45) is 0. The van der Waals surface area contributed by atoms with Crippen molar-refractivity contribution in [1.29, 1.82) is 0 Å². The average molecular weight is 408 g/mol. The summed E-state index contributed by atoms with van der Waals surface area (Å²) in [5.74, 6) is 0.798. The van der Waals surface area contributed by atoms with Crippen LogP contribution in [0.25, 0.3) is 11.4 Å². The second-order valence-electron chi connectivity index (χ2n) is 5.88. The quantitative estimate of drug-likeness (QED) is 0.621. The van der Waals surface area contributed by atoms with Crippen LogP contribution in [0.15, 0.2) is 51.9 Å². The van der Waals surface area contributed by atoms with Crippen LogP contribution in [-0.2, 0) is 16.6 Å². The molecule has 3 aromatic rings. The molecule has 0 bridgehead atoms. The molecule has 0 unspecified atom stereocenters. The molecule has 1 aromatic heterocycles. The van der Waals surface area contributed by atoms with E-state index in [4.69, 9.17) is 20.9 Å². The molecule has 142 valence electrons. The van der Waals surface area contributed by atoms with Crippen molar-refractivity contribution in [2.24, 2.45) is 0 Å². The van der Waals surface area contributed by atoms with Gasteiger partial charge in [-0.05, 0) is 30.7 Å². The third-order valence-corrected chi connectivity index (χ3v) is 6.09. The number of hydrogen-bond donors (Lipinski definition) is 0. The molecule has 27 heavy (non-hydrogen) atoms. The fourth-order valence-electron chi connectivity index (χ4n) is 2.55. The van der Waals surface area contributed by atoms with E-state index in [1.54, 1.807) is 6.07 Å². The van der Waals surface area contributed by atoms with Gasteiger partial charge in [-0.1, -0.05) is 41.0 Å². The number of halogens is 1. The SMILES string of the molecule is COc1ccc(Cl)cc1S(=O)(=O)N(C)Cc1nc(-c2ccccc2C)no1. The van der Waals surface area contributed by atoms with Gasteiger partial charge in [-0.2, -0.15) is 9.29 Å². The molecule has 0 N–H and O–H groups in total. The van der Waals surface area contributed by atoms with Gasteiger partial charge in [0, 0.05) is 17.6 Å². The van der Waals surface area contributed by atoms with Gasteiger partial charge in [-0.15, -0.1) is 0 Å². The van der Waals surface area contributed by atoms with E-state index >= 15 is 0 Å². The van der Waals surface area contributed by atoms with E-state index in [9.17, 15) is 8.42 Å². The van der Waals surface area contributed by atoms with Crippen LogP contribution in [0.3, 0.4) is 0 Å². The number of hydrogen-bond acceptors (Lipinski definition) is 6. The molecule has 0 radical (unpaired) electrons. The summed E-state index contributed by atoms with van der Waals surface area (Å²) < 4.78 is 37.3. The van der Waals surface area contributed by atoms with Gasteiger partial charge in [0.2, 0.25) is 21.7 Å². The molecule has 3 rings (SSSR count). The Hall–Kier alpha value is -2.42. The number of aromatic nitrogens is 2. The van der Waals surface area contributed by atoms with Gasteiger partial charge >= 0.3 is 0 Å². The molecule has 0 saturated carbocycles. The maximum absolute atomic E-state index is 12.9. The number of sulfonamides is 1. The van der Waals surface area contributed by atoms with Crippen LogP contribution in [0.5, 0.6) is 5.75 Å². The molecule has 0 aliphatic heterocycles. The smallest absolute Gasteiger partial charge is 0.247 e. The summed E-state index contributed by atoms with van der Waals surface area (Å²) >= 11 is 5.95. The minimum Gasteiger partial charge on any atom is -0.495 e. The van der Waals surface area contributed by atoms with Crippen molar-refractivity contribution < 1.29 is 17.7 Å². The van der Waals surface area contributed by atoms with Gasteiger partial charge < -0.3 is 9.26 Å². The predicted octanol–water partition coefficient (Wildman–Crippen LogP) is 3.53. The van der Waals surface area contributed by atoms with Crippen molar-refractivity contribution >= 4 is 21.6 Å². The summed E-state index contributed by atoms with van der Waals surface area (Å²) in [5.41, 5.74) is 1.82.